The second-order valence-corrected chi connectivity index (χ2v) is 8.07. The van der Waals surface area contributed by atoms with E-state index in [1.807, 2.05) is 18.7 Å². The molecule has 1 aromatic carbocycles. The van der Waals surface area contributed by atoms with Crippen molar-refractivity contribution in [2.45, 2.75) is 58.9 Å². The number of carbonyl (C=O) groups excluding carboxylic acids is 1. The molecule has 7 heteroatoms. The highest BCUT2D eigenvalue weighted by Gasteiger charge is 2.34. The van der Waals surface area contributed by atoms with Crippen molar-refractivity contribution < 1.29 is 13.7 Å². The Bertz CT molecular complexity index is 1090. The van der Waals surface area contributed by atoms with Gasteiger partial charge in [0.25, 0.3) is 0 Å². The molecule has 162 valence electrons. The van der Waals surface area contributed by atoms with Crippen molar-refractivity contribution in [1.29, 1.82) is 0 Å². The van der Waals surface area contributed by atoms with Crippen molar-refractivity contribution in [2.75, 3.05) is 6.54 Å². The number of benzene rings is 1. The quantitative estimate of drug-likeness (QED) is 0.573. The number of carbonyl (C=O) groups is 1. The smallest absolute Gasteiger partial charge is 0.227 e. The molecule has 1 saturated heterocycles. The van der Waals surface area contributed by atoms with Gasteiger partial charge in [-0.3, -0.25) is 4.79 Å². The molecule has 0 radical (unpaired) electrons. The minimum Gasteiger partial charge on any atom is -0.356 e. The van der Waals surface area contributed by atoms with Crippen LogP contribution >= 0.6 is 0 Å². The fourth-order valence-corrected chi connectivity index (χ4v) is 4.13. The van der Waals surface area contributed by atoms with Crippen molar-refractivity contribution in [2.24, 2.45) is 0 Å². The number of halogens is 1. The zero-order valence-corrected chi connectivity index (χ0v) is 18.2. The average Bonchev–Trinajstić information content (AvgIpc) is 3.37. The normalized spacial score (nSPS) is 16.1. The third-order valence-electron chi connectivity index (χ3n) is 5.93. The Kier molecular flexibility index (Phi) is 6.11. The molecule has 3 heterocycles. The summed E-state index contributed by atoms with van der Waals surface area (Å²) < 4.78 is 19.7. The van der Waals surface area contributed by atoms with E-state index < -0.39 is 0 Å². The number of aromatic nitrogens is 3. The van der Waals surface area contributed by atoms with Gasteiger partial charge in [0.2, 0.25) is 5.91 Å². The molecule has 1 amide bonds. The summed E-state index contributed by atoms with van der Waals surface area (Å²) in [4.78, 5) is 24.4. The summed E-state index contributed by atoms with van der Waals surface area (Å²) in [6.07, 6.45) is 5.18. The summed E-state index contributed by atoms with van der Waals surface area (Å²) in [5.74, 6) is 0.944. The molecule has 1 fully saturated rings. The largest absolute Gasteiger partial charge is 0.356 e. The van der Waals surface area contributed by atoms with E-state index >= 15 is 0 Å². The van der Waals surface area contributed by atoms with Crippen molar-refractivity contribution >= 4 is 5.91 Å². The van der Waals surface area contributed by atoms with E-state index in [4.69, 9.17) is 9.51 Å². The molecule has 0 spiro atoms. The predicted octanol–water partition coefficient (Wildman–Crippen LogP) is 4.75. The SMILES string of the molecule is CCCc1ncc(-c2onc(C)c2C)c([C@@H]2CCCN2C(=O)Cc2ccccc2F)n1. The van der Waals surface area contributed by atoms with Crippen LogP contribution in [0.4, 0.5) is 4.39 Å². The van der Waals surface area contributed by atoms with Crippen LogP contribution in [0.25, 0.3) is 11.3 Å². The van der Waals surface area contributed by atoms with E-state index in [0.29, 0.717) is 17.9 Å². The number of aryl methyl sites for hydroxylation is 2. The summed E-state index contributed by atoms with van der Waals surface area (Å²) in [6, 6.07) is 6.23. The molecule has 0 unspecified atom stereocenters. The van der Waals surface area contributed by atoms with Crippen LogP contribution in [0, 0.1) is 19.7 Å². The zero-order chi connectivity index (χ0) is 22.0. The van der Waals surface area contributed by atoms with Gasteiger partial charge >= 0.3 is 0 Å². The van der Waals surface area contributed by atoms with Gasteiger partial charge in [-0.05, 0) is 44.7 Å². The van der Waals surface area contributed by atoms with E-state index in [1.54, 1.807) is 24.4 Å². The van der Waals surface area contributed by atoms with E-state index in [1.165, 1.54) is 6.07 Å². The Morgan fingerprint density at radius 2 is 2.10 bits per heavy atom. The molecule has 1 aliphatic rings. The molecule has 31 heavy (non-hydrogen) atoms. The first-order chi connectivity index (χ1) is 15.0. The molecule has 0 N–H and O–H groups in total. The summed E-state index contributed by atoms with van der Waals surface area (Å²) in [5.41, 5.74) is 3.73. The second kappa shape index (κ2) is 8.96. The number of hydrogen-bond acceptors (Lipinski definition) is 5. The molecule has 2 aromatic heterocycles. The lowest BCUT2D eigenvalue weighted by Gasteiger charge is -2.26. The summed E-state index contributed by atoms with van der Waals surface area (Å²) >= 11 is 0. The number of amides is 1. The number of rotatable bonds is 6. The standard InChI is InChI=1S/C24H27FN4O2/c1-4-8-21-26-14-18(24-15(2)16(3)28-31-24)23(27-21)20-11-7-12-29(20)22(30)13-17-9-5-6-10-19(17)25/h5-6,9-10,14,20H,4,7-8,11-13H2,1-3H3/t20-/m0/s1. The van der Waals surface area contributed by atoms with Gasteiger partial charge in [-0.1, -0.05) is 30.3 Å². The highest BCUT2D eigenvalue weighted by atomic mass is 19.1. The minimum absolute atomic E-state index is 0.0336. The monoisotopic (exact) mass is 422 g/mol. The maximum atomic E-state index is 14.1. The maximum absolute atomic E-state index is 14.1. The molecular formula is C24H27FN4O2. The van der Waals surface area contributed by atoms with Gasteiger partial charge in [-0.15, -0.1) is 0 Å². The van der Waals surface area contributed by atoms with Crippen LogP contribution in [0.2, 0.25) is 0 Å². The van der Waals surface area contributed by atoms with Gasteiger partial charge < -0.3 is 9.42 Å². The lowest BCUT2D eigenvalue weighted by atomic mass is 10.0. The molecule has 3 aromatic rings. The molecular weight excluding hydrogens is 395 g/mol. The average molecular weight is 423 g/mol. The third kappa shape index (κ3) is 4.22. The van der Waals surface area contributed by atoms with Crippen molar-refractivity contribution in [3.63, 3.8) is 0 Å². The number of nitrogens with zero attached hydrogens (tertiary/aromatic N) is 4. The second-order valence-electron chi connectivity index (χ2n) is 8.07. The first-order valence-electron chi connectivity index (χ1n) is 10.8. The van der Waals surface area contributed by atoms with Crippen LogP contribution in [-0.2, 0) is 17.6 Å². The van der Waals surface area contributed by atoms with Crippen LogP contribution in [-0.4, -0.2) is 32.5 Å². The highest BCUT2D eigenvalue weighted by Crippen LogP contribution is 2.38. The van der Waals surface area contributed by atoms with E-state index in [9.17, 15) is 9.18 Å². The van der Waals surface area contributed by atoms with Gasteiger partial charge in [0.1, 0.15) is 11.6 Å². The van der Waals surface area contributed by atoms with Crippen LogP contribution < -0.4 is 0 Å². The third-order valence-corrected chi connectivity index (χ3v) is 5.93. The van der Waals surface area contributed by atoms with Crippen LogP contribution in [0.5, 0.6) is 0 Å². The van der Waals surface area contributed by atoms with Crippen LogP contribution in [0.3, 0.4) is 0 Å². The maximum Gasteiger partial charge on any atom is 0.227 e. The molecule has 0 aliphatic carbocycles. The van der Waals surface area contributed by atoms with Gasteiger partial charge in [0.15, 0.2) is 5.76 Å². The topological polar surface area (TPSA) is 72.1 Å². The van der Waals surface area contributed by atoms with Gasteiger partial charge in [-0.2, -0.15) is 0 Å². The van der Waals surface area contributed by atoms with Crippen molar-refractivity contribution in [3.05, 3.63) is 64.6 Å². The van der Waals surface area contributed by atoms with Crippen molar-refractivity contribution in [3.8, 4) is 11.3 Å². The Morgan fingerprint density at radius 1 is 1.29 bits per heavy atom. The predicted molar refractivity (Wildman–Crippen MR) is 115 cm³/mol. The van der Waals surface area contributed by atoms with E-state index in [2.05, 4.69) is 17.1 Å². The lowest BCUT2D eigenvalue weighted by Crippen LogP contribution is -2.33. The van der Waals surface area contributed by atoms with Crippen molar-refractivity contribution in [1.82, 2.24) is 20.0 Å². The summed E-state index contributed by atoms with van der Waals surface area (Å²) in [6.45, 7) is 6.56. The molecule has 4 rings (SSSR count). The molecule has 1 aliphatic heterocycles. The Hall–Kier alpha value is -3.09. The van der Waals surface area contributed by atoms with Gasteiger partial charge in [0, 0.05) is 24.7 Å². The minimum atomic E-state index is -0.354. The van der Waals surface area contributed by atoms with Gasteiger partial charge in [-0.25, -0.2) is 14.4 Å². The molecule has 0 bridgehead atoms. The lowest BCUT2D eigenvalue weighted by molar-refractivity contribution is -0.131. The fraction of sp³-hybridized carbons (Fsp3) is 0.417. The molecule has 0 saturated carbocycles. The summed E-state index contributed by atoms with van der Waals surface area (Å²) in [7, 11) is 0. The highest BCUT2D eigenvalue weighted by molar-refractivity contribution is 5.80. The van der Waals surface area contributed by atoms with Crippen LogP contribution in [0.15, 0.2) is 35.0 Å². The Labute approximate surface area is 181 Å². The van der Waals surface area contributed by atoms with E-state index in [0.717, 1.165) is 54.0 Å². The zero-order valence-electron chi connectivity index (χ0n) is 18.2. The fourth-order valence-electron chi connectivity index (χ4n) is 4.13. The van der Waals surface area contributed by atoms with Crippen LogP contribution in [0.1, 0.15) is 60.6 Å². The Morgan fingerprint density at radius 3 is 2.81 bits per heavy atom. The summed E-state index contributed by atoms with van der Waals surface area (Å²) in [5, 5.41) is 4.09. The first-order valence-corrected chi connectivity index (χ1v) is 10.8. The number of hydrogen-bond donors (Lipinski definition) is 0. The first kappa shape index (κ1) is 21.2. The molecule has 6 nitrogen and oxygen atoms in total. The molecule has 1 atom stereocenters. The number of likely N-dealkylation sites (tertiary alicyclic amines) is 1. The van der Waals surface area contributed by atoms with Gasteiger partial charge in [0.05, 0.1) is 29.4 Å². The van der Waals surface area contributed by atoms with E-state index in [-0.39, 0.29) is 24.2 Å². The Balaban J connectivity index is 1.71.